The van der Waals surface area contributed by atoms with Crippen LogP contribution in [0.25, 0.3) is 11.6 Å². The lowest BCUT2D eigenvalue weighted by molar-refractivity contribution is 0.422. The molecule has 0 fully saturated rings. The smallest absolute Gasteiger partial charge is 0.279 e. The molecule has 2 aromatic heterocycles. The second-order valence-electron chi connectivity index (χ2n) is 2.35. The Hall–Kier alpha value is -1.34. The van der Waals surface area contributed by atoms with E-state index in [-0.39, 0.29) is 0 Å². The molecule has 2 N–H and O–H groups in total. The highest BCUT2D eigenvalue weighted by molar-refractivity contribution is 6.99. The quantitative estimate of drug-likeness (QED) is 0.749. The predicted molar refractivity (Wildman–Crippen MR) is 46.0 cm³/mol. The van der Waals surface area contributed by atoms with Crippen molar-refractivity contribution in [3.63, 3.8) is 0 Å². The maximum Gasteiger partial charge on any atom is 0.279 e. The first-order valence-corrected chi connectivity index (χ1v) is 4.44. The van der Waals surface area contributed by atoms with Crippen molar-refractivity contribution in [2.24, 2.45) is 5.73 Å². The van der Waals surface area contributed by atoms with E-state index in [1.54, 1.807) is 6.20 Å². The van der Waals surface area contributed by atoms with Crippen molar-refractivity contribution in [2.45, 2.75) is 6.42 Å². The SMILES string of the molecule is NCCc1noc(-c2cnsn2)n1. The molecule has 13 heavy (non-hydrogen) atoms. The first-order valence-electron chi connectivity index (χ1n) is 3.70. The van der Waals surface area contributed by atoms with Gasteiger partial charge in [0.2, 0.25) is 0 Å². The van der Waals surface area contributed by atoms with Crippen molar-refractivity contribution < 1.29 is 4.52 Å². The highest BCUT2D eigenvalue weighted by atomic mass is 32.1. The lowest BCUT2D eigenvalue weighted by Crippen LogP contribution is -2.03. The van der Waals surface area contributed by atoms with Crippen LogP contribution in [0.2, 0.25) is 0 Å². The minimum Gasteiger partial charge on any atom is -0.332 e. The molecule has 0 aliphatic rings. The average molecular weight is 197 g/mol. The van der Waals surface area contributed by atoms with Crippen LogP contribution >= 0.6 is 11.7 Å². The summed E-state index contributed by atoms with van der Waals surface area (Å²) in [5, 5.41) is 3.73. The number of hydrogen-bond donors (Lipinski definition) is 1. The number of rotatable bonds is 3. The molecule has 0 atom stereocenters. The van der Waals surface area contributed by atoms with Crippen molar-refractivity contribution >= 4 is 11.7 Å². The summed E-state index contributed by atoms with van der Waals surface area (Å²) in [5.74, 6) is 1.00. The van der Waals surface area contributed by atoms with E-state index in [4.69, 9.17) is 10.3 Å². The summed E-state index contributed by atoms with van der Waals surface area (Å²) >= 11 is 1.10. The third kappa shape index (κ3) is 1.70. The standard InChI is InChI=1S/C6H7N5OS/c7-2-1-5-9-6(12-10-5)4-3-8-13-11-4/h3H,1-2,7H2. The van der Waals surface area contributed by atoms with Crippen LogP contribution in [0.5, 0.6) is 0 Å². The van der Waals surface area contributed by atoms with Gasteiger partial charge >= 0.3 is 0 Å². The normalized spacial score (nSPS) is 10.5. The van der Waals surface area contributed by atoms with Crippen LogP contribution in [-0.2, 0) is 6.42 Å². The molecule has 0 aromatic carbocycles. The Bertz CT molecular complexity index is 370. The lowest BCUT2D eigenvalue weighted by Gasteiger charge is -1.83. The van der Waals surface area contributed by atoms with Gasteiger partial charge in [0, 0.05) is 6.42 Å². The maximum absolute atomic E-state index is 5.34. The average Bonchev–Trinajstić information content (AvgIpc) is 2.70. The van der Waals surface area contributed by atoms with Crippen LogP contribution in [0.1, 0.15) is 5.82 Å². The topological polar surface area (TPSA) is 90.7 Å². The van der Waals surface area contributed by atoms with Gasteiger partial charge in [0.1, 0.15) is 0 Å². The van der Waals surface area contributed by atoms with Crippen molar-refractivity contribution in [1.82, 2.24) is 18.9 Å². The Labute approximate surface area is 78.1 Å². The molecular formula is C6H7N5OS. The van der Waals surface area contributed by atoms with Gasteiger partial charge in [-0.2, -0.15) is 13.7 Å². The van der Waals surface area contributed by atoms with Crippen molar-refractivity contribution in [1.29, 1.82) is 0 Å². The summed E-state index contributed by atoms with van der Waals surface area (Å²) in [7, 11) is 0. The zero-order chi connectivity index (χ0) is 9.10. The van der Waals surface area contributed by atoms with Gasteiger partial charge in [-0.15, -0.1) is 0 Å². The molecule has 2 heterocycles. The molecule has 7 heteroatoms. The Morgan fingerprint density at radius 3 is 3.15 bits per heavy atom. The van der Waals surface area contributed by atoms with Crippen LogP contribution < -0.4 is 5.73 Å². The molecule has 0 amide bonds. The van der Waals surface area contributed by atoms with E-state index in [2.05, 4.69) is 18.9 Å². The summed E-state index contributed by atoms with van der Waals surface area (Å²) in [6.45, 7) is 0.508. The van der Waals surface area contributed by atoms with Crippen LogP contribution in [0.3, 0.4) is 0 Å². The van der Waals surface area contributed by atoms with E-state index in [1.165, 1.54) is 0 Å². The summed E-state index contributed by atoms with van der Waals surface area (Å²) in [6, 6.07) is 0. The van der Waals surface area contributed by atoms with Crippen molar-refractivity contribution in [3.05, 3.63) is 12.0 Å². The molecule has 2 rings (SSSR count). The second-order valence-corrected chi connectivity index (χ2v) is 2.90. The molecule has 0 aliphatic heterocycles. The fourth-order valence-corrected chi connectivity index (χ4v) is 1.25. The summed E-state index contributed by atoms with van der Waals surface area (Å²) in [6.07, 6.45) is 2.20. The fraction of sp³-hybridized carbons (Fsp3) is 0.333. The molecular weight excluding hydrogens is 190 g/mol. The van der Waals surface area contributed by atoms with E-state index in [0.717, 1.165) is 11.7 Å². The van der Waals surface area contributed by atoms with Gasteiger partial charge in [0.25, 0.3) is 5.89 Å². The highest BCUT2D eigenvalue weighted by Crippen LogP contribution is 2.13. The van der Waals surface area contributed by atoms with Crippen LogP contribution in [0.4, 0.5) is 0 Å². The minimum atomic E-state index is 0.400. The van der Waals surface area contributed by atoms with Crippen LogP contribution in [0.15, 0.2) is 10.7 Å². The van der Waals surface area contributed by atoms with E-state index in [1.807, 2.05) is 0 Å². The Morgan fingerprint density at radius 1 is 1.54 bits per heavy atom. The van der Waals surface area contributed by atoms with Gasteiger partial charge in [-0.25, -0.2) is 0 Å². The molecule has 0 saturated heterocycles. The lowest BCUT2D eigenvalue weighted by atomic mass is 10.4. The van der Waals surface area contributed by atoms with Gasteiger partial charge in [-0.05, 0) is 6.54 Å². The van der Waals surface area contributed by atoms with Gasteiger partial charge in [0.05, 0.1) is 17.9 Å². The molecule has 0 radical (unpaired) electrons. The Balaban J connectivity index is 2.23. The van der Waals surface area contributed by atoms with E-state index in [0.29, 0.717) is 30.4 Å². The monoisotopic (exact) mass is 197 g/mol. The van der Waals surface area contributed by atoms with Gasteiger partial charge in [0.15, 0.2) is 11.5 Å². The van der Waals surface area contributed by atoms with Crippen LogP contribution in [0, 0.1) is 0 Å². The molecule has 0 unspecified atom stereocenters. The summed E-state index contributed by atoms with van der Waals surface area (Å²) in [5.41, 5.74) is 5.95. The molecule has 0 spiro atoms. The fourth-order valence-electron chi connectivity index (χ4n) is 0.848. The predicted octanol–water partition coefficient (Wildman–Crippen LogP) is 0.0893. The third-order valence-electron chi connectivity index (χ3n) is 1.42. The van der Waals surface area contributed by atoms with E-state index >= 15 is 0 Å². The second kappa shape index (κ2) is 3.58. The van der Waals surface area contributed by atoms with E-state index in [9.17, 15) is 0 Å². The molecule has 0 bridgehead atoms. The molecule has 6 nitrogen and oxygen atoms in total. The van der Waals surface area contributed by atoms with Gasteiger partial charge < -0.3 is 10.3 Å². The first-order chi connectivity index (χ1) is 6.40. The Kier molecular flexibility index (Phi) is 2.28. The zero-order valence-electron chi connectivity index (χ0n) is 6.67. The third-order valence-corrected chi connectivity index (χ3v) is 1.89. The number of hydrogen-bond acceptors (Lipinski definition) is 7. The molecule has 0 saturated carbocycles. The zero-order valence-corrected chi connectivity index (χ0v) is 7.49. The highest BCUT2D eigenvalue weighted by Gasteiger charge is 2.09. The number of nitrogens with two attached hydrogens (primary N) is 1. The Morgan fingerprint density at radius 2 is 2.46 bits per heavy atom. The largest absolute Gasteiger partial charge is 0.332 e. The molecule has 2 aromatic rings. The summed E-state index contributed by atoms with van der Waals surface area (Å²) in [4.78, 5) is 4.09. The van der Waals surface area contributed by atoms with Crippen LogP contribution in [-0.4, -0.2) is 25.4 Å². The molecule has 0 aliphatic carbocycles. The number of aromatic nitrogens is 4. The first kappa shape index (κ1) is 8.27. The van der Waals surface area contributed by atoms with Crippen molar-refractivity contribution in [2.75, 3.05) is 6.54 Å². The number of nitrogens with zero attached hydrogens (tertiary/aromatic N) is 4. The maximum atomic E-state index is 5.34. The summed E-state index contributed by atoms with van der Waals surface area (Å²) < 4.78 is 12.7. The van der Waals surface area contributed by atoms with Gasteiger partial charge in [-0.3, -0.25) is 0 Å². The molecule has 68 valence electrons. The van der Waals surface area contributed by atoms with Gasteiger partial charge in [-0.1, -0.05) is 5.16 Å². The van der Waals surface area contributed by atoms with Crippen molar-refractivity contribution in [3.8, 4) is 11.6 Å². The van der Waals surface area contributed by atoms with E-state index < -0.39 is 0 Å². The minimum absolute atomic E-state index is 0.400.